The summed E-state index contributed by atoms with van der Waals surface area (Å²) in [5, 5.41) is 0.593. The van der Waals surface area contributed by atoms with Crippen LogP contribution in [0.5, 0.6) is 0 Å². The van der Waals surface area contributed by atoms with E-state index in [1.807, 2.05) is 18.2 Å². The van der Waals surface area contributed by atoms with E-state index >= 15 is 0 Å². The second-order valence-corrected chi connectivity index (χ2v) is 5.42. The van der Waals surface area contributed by atoms with Gasteiger partial charge in [0.05, 0.1) is 6.54 Å². The molecule has 0 radical (unpaired) electrons. The molecule has 0 aliphatic carbocycles. The number of hydrogen-bond donors (Lipinski definition) is 2. The number of rotatable bonds is 2. The number of benzene rings is 1. The number of nitrogens with zero attached hydrogens (tertiary/aromatic N) is 2. The van der Waals surface area contributed by atoms with E-state index in [1.54, 1.807) is 17.7 Å². The van der Waals surface area contributed by atoms with Crippen LogP contribution in [0.25, 0.3) is 11.2 Å². The Bertz CT molecular complexity index is 1010. The smallest absolute Gasteiger partial charge is 0.316 e. The molecule has 0 aliphatic rings. The topological polar surface area (TPSA) is 75.6 Å². The normalized spacial score (nSPS) is 11.1. The summed E-state index contributed by atoms with van der Waals surface area (Å²) in [6.07, 6.45) is 0. The molecule has 0 aliphatic heterocycles. The van der Waals surface area contributed by atoms with Gasteiger partial charge in [-0.1, -0.05) is 29.8 Å². The van der Waals surface area contributed by atoms with Crippen LogP contribution in [0.3, 0.4) is 0 Å². The summed E-state index contributed by atoms with van der Waals surface area (Å²) in [4.78, 5) is 28.8. The van der Waals surface area contributed by atoms with Gasteiger partial charge in [-0.3, -0.25) is 14.3 Å². The van der Waals surface area contributed by atoms with Crippen molar-refractivity contribution in [3.8, 4) is 0 Å². The van der Waals surface area contributed by atoms with Crippen molar-refractivity contribution in [3.05, 3.63) is 60.5 Å². The summed E-state index contributed by atoms with van der Waals surface area (Å²) < 4.78 is 3.30. The summed E-state index contributed by atoms with van der Waals surface area (Å²) in [5.41, 5.74) is 0.577. The first kappa shape index (κ1) is 13.8. The van der Waals surface area contributed by atoms with Gasteiger partial charge >= 0.3 is 5.69 Å². The number of imidazole rings is 1. The van der Waals surface area contributed by atoms with E-state index in [4.69, 9.17) is 23.8 Å². The second kappa shape index (κ2) is 5.01. The van der Waals surface area contributed by atoms with Crippen molar-refractivity contribution in [2.45, 2.75) is 6.54 Å². The van der Waals surface area contributed by atoms with Gasteiger partial charge in [-0.15, -0.1) is 0 Å². The van der Waals surface area contributed by atoms with Crippen molar-refractivity contribution in [1.29, 1.82) is 0 Å². The van der Waals surface area contributed by atoms with E-state index in [1.165, 1.54) is 4.57 Å². The highest BCUT2D eigenvalue weighted by Crippen LogP contribution is 2.18. The zero-order valence-corrected chi connectivity index (χ0v) is 12.6. The molecule has 0 fully saturated rings. The quantitative estimate of drug-likeness (QED) is 0.706. The van der Waals surface area contributed by atoms with Crippen LogP contribution in [0, 0.1) is 4.77 Å². The van der Waals surface area contributed by atoms with E-state index in [9.17, 15) is 9.59 Å². The van der Waals surface area contributed by atoms with Crippen molar-refractivity contribution < 1.29 is 0 Å². The lowest BCUT2D eigenvalue weighted by Gasteiger charge is -2.06. The van der Waals surface area contributed by atoms with Crippen LogP contribution >= 0.6 is 23.8 Å². The van der Waals surface area contributed by atoms with Crippen LogP contribution in [-0.4, -0.2) is 19.1 Å². The average molecular weight is 323 g/mol. The van der Waals surface area contributed by atoms with Crippen molar-refractivity contribution in [2.75, 3.05) is 0 Å². The Morgan fingerprint density at radius 2 is 1.95 bits per heavy atom. The van der Waals surface area contributed by atoms with Crippen LogP contribution in [-0.2, 0) is 13.6 Å². The zero-order chi connectivity index (χ0) is 15.1. The van der Waals surface area contributed by atoms with Crippen molar-refractivity contribution in [1.82, 2.24) is 19.1 Å². The van der Waals surface area contributed by atoms with Gasteiger partial charge in [0.2, 0.25) is 0 Å². The minimum atomic E-state index is -0.492. The maximum Gasteiger partial charge on any atom is 0.329 e. The van der Waals surface area contributed by atoms with Gasteiger partial charge in [-0.05, 0) is 23.8 Å². The summed E-state index contributed by atoms with van der Waals surface area (Å²) in [7, 11) is 1.56. The molecule has 0 saturated heterocycles. The van der Waals surface area contributed by atoms with Crippen LogP contribution in [0.15, 0.2) is 33.9 Å². The van der Waals surface area contributed by atoms with Crippen molar-refractivity contribution in [3.63, 3.8) is 0 Å². The highest BCUT2D eigenvalue weighted by molar-refractivity contribution is 7.71. The highest BCUT2D eigenvalue weighted by atomic mass is 35.5. The van der Waals surface area contributed by atoms with E-state index in [2.05, 4.69) is 9.97 Å². The van der Waals surface area contributed by atoms with Crippen molar-refractivity contribution in [2.24, 2.45) is 7.05 Å². The van der Waals surface area contributed by atoms with Crippen molar-refractivity contribution >= 4 is 35.0 Å². The first-order chi connectivity index (χ1) is 9.99. The minimum absolute atomic E-state index is 0.321. The van der Waals surface area contributed by atoms with Gasteiger partial charge < -0.3 is 9.55 Å². The number of H-pyrrole nitrogens is 2. The van der Waals surface area contributed by atoms with Gasteiger partial charge in [0.1, 0.15) is 5.65 Å². The predicted molar refractivity (Wildman–Crippen MR) is 83.5 cm³/mol. The number of fused-ring (bicyclic) bond motifs is 1. The first-order valence-corrected chi connectivity index (χ1v) is 6.93. The number of hydrogen-bond acceptors (Lipinski definition) is 3. The fraction of sp³-hybridized carbons (Fsp3) is 0.154. The van der Waals surface area contributed by atoms with E-state index in [0.717, 1.165) is 5.56 Å². The molecule has 2 N–H and O–H groups in total. The summed E-state index contributed by atoms with van der Waals surface area (Å²) >= 11 is 11.4. The van der Waals surface area contributed by atoms with Gasteiger partial charge in [0.25, 0.3) is 5.56 Å². The Morgan fingerprint density at radius 1 is 1.24 bits per heavy atom. The Hall–Kier alpha value is -2.12. The maximum atomic E-state index is 12.1. The molecule has 0 unspecified atom stereocenters. The fourth-order valence-electron chi connectivity index (χ4n) is 2.22. The molecule has 2 aromatic heterocycles. The molecule has 6 nitrogen and oxygen atoms in total. The standard InChI is InChI=1S/C13H11ClN4O2S/c1-17-10-9(11(19)16-12(17)20)18(13(21)15-10)6-7-4-2-3-5-8(7)14/h2-5H,6H2,1H3,(H,15,21)(H,16,19,20). The average Bonchev–Trinajstić information content (AvgIpc) is 2.77. The summed E-state index contributed by atoms with van der Waals surface area (Å²) in [6, 6.07) is 7.32. The van der Waals surface area contributed by atoms with Gasteiger partial charge in [-0.25, -0.2) is 4.79 Å². The van der Waals surface area contributed by atoms with E-state index < -0.39 is 11.2 Å². The van der Waals surface area contributed by atoms with Crippen LogP contribution < -0.4 is 11.2 Å². The Balaban J connectivity index is 2.30. The Morgan fingerprint density at radius 3 is 2.67 bits per heavy atom. The number of aryl methyl sites for hydroxylation is 1. The Kier molecular flexibility index (Phi) is 3.30. The molecule has 3 aromatic rings. The lowest BCUT2D eigenvalue weighted by atomic mass is 10.2. The molecule has 0 amide bonds. The zero-order valence-electron chi connectivity index (χ0n) is 11.0. The molecular weight excluding hydrogens is 312 g/mol. The molecule has 0 spiro atoms. The lowest BCUT2D eigenvalue weighted by molar-refractivity contribution is 0.798. The van der Waals surface area contributed by atoms with E-state index in [0.29, 0.717) is 27.5 Å². The molecule has 108 valence electrons. The number of halogens is 1. The molecule has 3 rings (SSSR count). The number of nitrogens with one attached hydrogen (secondary N) is 2. The molecule has 8 heteroatoms. The fourth-order valence-corrected chi connectivity index (χ4v) is 2.67. The second-order valence-electron chi connectivity index (χ2n) is 4.62. The molecule has 0 saturated carbocycles. The molecular formula is C13H11ClN4O2S. The summed E-state index contributed by atoms with van der Waals surface area (Å²) in [5.74, 6) is 0. The predicted octanol–water partition coefficient (Wildman–Crippen LogP) is 1.79. The van der Waals surface area contributed by atoms with Crippen LogP contribution in [0.1, 0.15) is 5.56 Å². The van der Waals surface area contributed by atoms with Gasteiger partial charge in [-0.2, -0.15) is 0 Å². The third-order valence-electron chi connectivity index (χ3n) is 3.33. The van der Waals surface area contributed by atoms with E-state index in [-0.39, 0.29) is 0 Å². The third-order valence-corrected chi connectivity index (χ3v) is 4.02. The minimum Gasteiger partial charge on any atom is -0.316 e. The lowest BCUT2D eigenvalue weighted by Crippen LogP contribution is -2.29. The molecule has 0 bridgehead atoms. The monoisotopic (exact) mass is 322 g/mol. The molecule has 2 heterocycles. The number of aromatic amines is 2. The third kappa shape index (κ3) is 2.24. The summed E-state index contributed by atoms with van der Waals surface area (Å²) in [6.45, 7) is 0.347. The van der Waals surface area contributed by atoms with Gasteiger partial charge in [0, 0.05) is 12.1 Å². The largest absolute Gasteiger partial charge is 0.329 e. The number of aromatic nitrogens is 4. The Labute approximate surface area is 128 Å². The van der Waals surface area contributed by atoms with Gasteiger partial charge in [0.15, 0.2) is 10.3 Å². The highest BCUT2D eigenvalue weighted by Gasteiger charge is 2.13. The molecule has 0 atom stereocenters. The maximum absolute atomic E-state index is 12.1. The SMILES string of the molecule is Cn1c(=O)[nH]c(=O)c2c1[nH]c(=S)n2Cc1ccccc1Cl. The van der Waals surface area contributed by atoms with Crippen LogP contribution in [0.2, 0.25) is 5.02 Å². The van der Waals surface area contributed by atoms with Crippen LogP contribution in [0.4, 0.5) is 0 Å². The molecule has 21 heavy (non-hydrogen) atoms. The molecule has 1 aromatic carbocycles. The first-order valence-electron chi connectivity index (χ1n) is 6.14.